The number of aromatic nitrogens is 4. The van der Waals surface area contributed by atoms with Gasteiger partial charge in [0, 0.05) is 16.9 Å². The minimum atomic E-state index is -0.706. The van der Waals surface area contributed by atoms with Gasteiger partial charge in [0.15, 0.2) is 11.6 Å². The van der Waals surface area contributed by atoms with Crippen LogP contribution < -0.4 is 0 Å². The van der Waals surface area contributed by atoms with E-state index in [-0.39, 0.29) is 17.9 Å². The number of fused-ring (bicyclic) bond motifs is 2. The van der Waals surface area contributed by atoms with Crippen molar-refractivity contribution in [3.63, 3.8) is 0 Å². The second kappa shape index (κ2) is 5.45. The first-order valence-corrected chi connectivity index (χ1v) is 8.21. The van der Waals surface area contributed by atoms with Crippen molar-refractivity contribution in [3.05, 3.63) is 24.3 Å². The highest BCUT2D eigenvalue weighted by atomic mass is 32.2. The Morgan fingerprint density at radius 2 is 2.14 bits per heavy atom. The maximum atomic E-state index is 12.0. The Bertz CT molecular complexity index is 702. The molecule has 3 heterocycles. The fourth-order valence-electron chi connectivity index (χ4n) is 2.82. The van der Waals surface area contributed by atoms with Crippen LogP contribution in [0.2, 0.25) is 0 Å². The summed E-state index contributed by atoms with van der Waals surface area (Å²) in [7, 11) is 0. The maximum Gasteiger partial charge on any atom is 0.218 e. The van der Waals surface area contributed by atoms with E-state index in [0.717, 1.165) is 5.56 Å². The van der Waals surface area contributed by atoms with Gasteiger partial charge in [-0.05, 0) is 28.8 Å². The van der Waals surface area contributed by atoms with Gasteiger partial charge in [-0.1, -0.05) is 12.1 Å². The maximum absolute atomic E-state index is 12.0. The van der Waals surface area contributed by atoms with E-state index in [1.807, 2.05) is 30.5 Å². The molecule has 2 fully saturated rings. The van der Waals surface area contributed by atoms with Crippen LogP contribution in [-0.4, -0.2) is 51.2 Å². The van der Waals surface area contributed by atoms with Gasteiger partial charge in [-0.2, -0.15) is 0 Å². The predicted molar refractivity (Wildman–Crippen MR) is 78.3 cm³/mol. The summed E-state index contributed by atoms with van der Waals surface area (Å²) in [5.74, 6) is 0.581. The van der Waals surface area contributed by atoms with Crippen molar-refractivity contribution in [1.82, 2.24) is 20.2 Å². The third-order valence-corrected chi connectivity index (χ3v) is 4.71. The largest absolute Gasteiger partial charge is 0.343 e. The van der Waals surface area contributed by atoms with E-state index in [2.05, 4.69) is 15.5 Å². The highest BCUT2D eigenvalue weighted by Crippen LogP contribution is 2.34. The molecule has 1 aromatic heterocycles. The number of nitrogens with zero attached hydrogens (tertiary/aromatic N) is 4. The molecule has 0 saturated carbocycles. The van der Waals surface area contributed by atoms with Gasteiger partial charge in [0.1, 0.15) is 6.10 Å². The molecule has 2 aromatic rings. The second-order valence-electron chi connectivity index (χ2n) is 5.25. The van der Waals surface area contributed by atoms with Crippen LogP contribution in [0.4, 0.5) is 0 Å². The molecule has 0 unspecified atom stereocenters. The molecule has 2 aliphatic rings. The summed E-state index contributed by atoms with van der Waals surface area (Å²) in [5, 5.41) is 12.0. The first-order valence-electron chi connectivity index (χ1n) is 6.98. The molecule has 0 amide bonds. The first kappa shape index (κ1) is 13.9. The summed E-state index contributed by atoms with van der Waals surface area (Å²) in [4.78, 5) is 13.1. The number of tetrazole rings is 1. The highest BCUT2D eigenvalue weighted by molar-refractivity contribution is 7.98. The number of rotatable bonds is 3. The number of hydrogen-bond acceptors (Lipinski definition) is 7. The number of carbonyl (C=O) groups is 1. The summed E-state index contributed by atoms with van der Waals surface area (Å²) in [6.45, 7) is 0.395. The van der Waals surface area contributed by atoms with Gasteiger partial charge in [0.25, 0.3) is 0 Å². The number of carbonyl (C=O) groups excluding carboxylic acids is 1. The van der Waals surface area contributed by atoms with Crippen LogP contribution in [0.5, 0.6) is 0 Å². The summed E-state index contributed by atoms with van der Waals surface area (Å²) in [6.07, 6.45) is 1.47. The molecule has 3 atom stereocenters. The number of Topliss-reactive ketones (excluding diaryl/α,β-unsaturated/α-hetero) is 1. The zero-order valence-corrected chi connectivity index (χ0v) is 12.7. The molecule has 2 bridgehead atoms. The minimum Gasteiger partial charge on any atom is -0.343 e. The van der Waals surface area contributed by atoms with E-state index < -0.39 is 6.29 Å². The fraction of sp³-hybridized carbons (Fsp3) is 0.429. The summed E-state index contributed by atoms with van der Waals surface area (Å²) in [5.41, 5.74) is 0.913. The molecular formula is C14H14N4O3S. The molecule has 0 spiro atoms. The van der Waals surface area contributed by atoms with Crippen LogP contribution in [0, 0.1) is 0 Å². The van der Waals surface area contributed by atoms with E-state index in [9.17, 15) is 4.79 Å². The van der Waals surface area contributed by atoms with Gasteiger partial charge in [-0.3, -0.25) is 4.79 Å². The van der Waals surface area contributed by atoms with Crippen molar-refractivity contribution in [2.75, 3.05) is 12.9 Å². The van der Waals surface area contributed by atoms with Crippen molar-refractivity contribution in [1.29, 1.82) is 0 Å². The topological polar surface area (TPSA) is 79.1 Å². The van der Waals surface area contributed by atoms with E-state index in [0.29, 0.717) is 18.9 Å². The van der Waals surface area contributed by atoms with E-state index in [1.54, 1.807) is 16.4 Å². The molecule has 7 nitrogen and oxygen atoms in total. The van der Waals surface area contributed by atoms with Crippen molar-refractivity contribution in [2.45, 2.75) is 29.8 Å². The Morgan fingerprint density at radius 1 is 1.32 bits per heavy atom. The predicted octanol–water partition coefficient (Wildman–Crippen LogP) is 1.32. The molecule has 0 N–H and O–H groups in total. The lowest BCUT2D eigenvalue weighted by atomic mass is 10.0. The first-order chi connectivity index (χ1) is 10.8. The zero-order valence-electron chi connectivity index (χ0n) is 11.9. The molecule has 1 aromatic carbocycles. The molecule has 0 radical (unpaired) electrons. The SMILES string of the molecule is CSc1ccc(-c2nnnn2[C@H]2CC(=O)[C@H]3OC[C@@H]2O3)cc1. The lowest BCUT2D eigenvalue weighted by molar-refractivity contribution is -0.156. The smallest absolute Gasteiger partial charge is 0.218 e. The van der Waals surface area contributed by atoms with Gasteiger partial charge in [0.05, 0.1) is 12.6 Å². The standard InChI is InChI=1S/C14H14N4O3S/c1-22-9-4-2-8(3-5-9)13-15-16-17-18(13)10-6-11(19)14-20-7-12(10)21-14/h2-5,10,12,14H,6-7H2,1H3/t10-,12-,14-/m0/s1. The van der Waals surface area contributed by atoms with Crippen LogP contribution in [0.15, 0.2) is 29.2 Å². The third kappa shape index (κ3) is 2.23. The van der Waals surface area contributed by atoms with E-state index >= 15 is 0 Å². The van der Waals surface area contributed by atoms with Crippen molar-refractivity contribution >= 4 is 17.5 Å². The van der Waals surface area contributed by atoms with E-state index in [4.69, 9.17) is 9.47 Å². The third-order valence-electron chi connectivity index (χ3n) is 3.97. The molecule has 2 saturated heterocycles. The quantitative estimate of drug-likeness (QED) is 0.790. The number of ketones is 1. The Hall–Kier alpha value is -1.77. The number of benzene rings is 1. The zero-order chi connectivity index (χ0) is 15.1. The highest BCUT2D eigenvalue weighted by Gasteiger charge is 2.45. The number of hydrogen-bond donors (Lipinski definition) is 0. The van der Waals surface area contributed by atoms with Gasteiger partial charge in [-0.15, -0.1) is 16.9 Å². The van der Waals surface area contributed by atoms with Gasteiger partial charge in [-0.25, -0.2) is 4.68 Å². The van der Waals surface area contributed by atoms with Gasteiger partial charge < -0.3 is 9.47 Å². The molecule has 4 rings (SSSR count). The van der Waals surface area contributed by atoms with Crippen molar-refractivity contribution in [2.24, 2.45) is 0 Å². The van der Waals surface area contributed by atoms with Crippen LogP contribution in [0.3, 0.4) is 0 Å². The Labute approximate surface area is 131 Å². The lowest BCUT2D eigenvalue weighted by Gasteiger charge is -2.26. The molecule has 22 heavy (non-hydrogen) atoms. The molecular weight excluding hydrogens is 304 g/mol. The molecule has 8 heteroatoms. The van der Waals surface area contributed by atoms with Crippen molar-refractivity contribution in [3.8, 4) is 11.4 Å². The summed E-state index contributed by atoms with van der Waals surface area (Å²) >= 11 is 1.68. The lowest BCUT2D eigenvalue weighted by Crippen LogP contribution is -2.37. The monoisotopic (exact) mass is 318 g/mol. The van der Waals surface area contributed by atoms with Crippen LogP contribution in [0.1, 0.15) is 12.5 Å². The Morgan fingerprint density at radius 3 is 2.91 bits per heavy atom. The molecule has 114 valence electrons. The average Bonchev–Trinajstić information content (AvgIpc) is 3.20. The van der Waals surface area contributed by atoms with Crippen LogP contribution >= 0.6 is 11.8 Å². The number of ether oxygens (including phenoxy) is 2. The van der Waals surface area contributed by atoms with Gasteiger partial charge >= 0.3 is 0 Å². The normalized spacial score (nSPS) is 27.3. The van der Waals surface area contributed by atoms with Crippen molar-refractivity contribution < 1.29 is 14.3 Å². The molecule has 0 aliphatic carbocycles. The van der Waals surface area contributed by atoms with Crippen LogP contribution in [-0.2, 0) is 14.3 Å². The van der Waals surface area contributed by atoms with Crippen LogP contribution in [0.25, 0.3) is 11.4 Å². The average molecular weight is 318 g/mol. The second-order valence-corrected chi connectivity index (χ2v) is 6.13. The minimum absolute atomic E-state index is 0.0575. The summed E-state index contributed by atoms with van der Waals surface area (Å²) < 4.78 is 12.6. The molecule has 2 aliphatic heterocycles. The Balaban J connectivity index is 1.68. The van der Waals surface area contributed by atoms with E-state index in [1.165, 1.54) is 4.90 Å². The number of thioether (sulfide) groups is 1. The van der Waals surface area contributed by atoms with Gasteiger partial charge in [0.2, 0.25) is 6.29 Å². The fourth-order valence-corrected chi connectivity index (χ4v) is 3.22. The summed E-state index contributed by atoms with van der Waals surface area (Å²) in [6, 6.07) is 7.78. The Kier molecular flexibility index (Phi) is 3.44.